The van der Waals surface area contributed by atoms with Crippen molar-refractivity contribution in [2.24, 2.45) is 5.92 Å². The van der Waals surface area contributed by atoms with E-state index in [2.05, 4.69) is 44.3 Å². The summed E-state index contributed by atoms with van der Waals surface area (Å²) in [5.74, 6) is 1.52. The van der Waals surface area contributed by atoms with Gasteiger partial charge >= 0.3 is 0 Å². The van der Waals surface area contributed by atoms with Crippen LogP contribution < -0.4 is 10.6 Å². The summed E-state index contributed by atoms with van der Waals surface area (Å²) in [6, 6.07) is 5.69. The summed E-state index contributed by atoms with van der Waals surface area (Å²) in [4.78, 5) is 15.8. The molecule has 8 heteroatoms. The maximum atomic E-state index is 9.64. The molecular formula is C20H30N6O2. The number of rotatable bonds is 9. The van der Waals surface area contributed by atoms with Crippen LogP contribution in [0.3, 0.4) is 0 Å². The third-order valence-electron chi connectivity index (χ3n) is 4.84. The average molecular weight is 387 g/mol. The third-order valence-corrected chi connectivity index (χ3v) is 4.84. The predicted octanol–water partition coefficient (Wildman–Crippen LogP) is 1.71. The minimum absolute atomic E-state index is 0.0257. The molecule has 152 valence electrons. The van der Waals surface area contributed by atoms with Crippen molar-refractivity contribution in [3.63, 3.8) is 0 Å². The molecule has 8 nitrogen and oxygen atoms in total. The van der Waals surface area contributed by atoms with Gasteiger partial charge in [-0.2, -0.15) is 4.98 Å². The highest BCUT2D eigenvalue weighted by Crippen LogP contribution is 2.21. The van der Waals surface area contributed by atoms with Crippen LogP contribution in [0.15, 0.2) is 30.6 Å². The Hall–Kier alpha value is -2.29. The molecule has 0 radical (unpaired) electrons. The van der Waals surface area contributed by atoms with Crippen molar-refractivity contribution in [1.29, 1.82) is 0 Å². The number of hydrogen-bond donors (Lipinski definition) is 3. The Bertz CT molecular complexity index is 722. The summed E-state index contributed by atoms with van der Waals surface area (Å²) in [7, 11) is 0. The second kappa shape index (κ2) is 10.3. The first-order chi connectivity index (χ1) is 13.7. The van der Waals surface area contributed by atoms with Gasteiger partial charge in [-0.05, 0) is 18.1 Å². The largest absolute Gasteiger partial charge is 0.394 e. The number of ether oxygens (including phenoxy) is 1. The molecule has 0 saturated carbocycles. The summed E-state index contributed by atoms with van der Waals surface area (Å²) < 4.78 is 5.39. The minimum atomic E-state index is -0.106. The highest BCUT2D eigenvalue weighted by atomic mass is 16.5. The van der Waals surface area contributed by atoms with Gasteiger partial charge in [0.15, 0.2) is 0 Å². The number of nitrogens with zero attached hydrogens (tertiary/aromatic N) is 4. The summed E-state index contributed by atoms with van der Waals surface area (Å²) in [6.07, 6.45) is 3.53. The van der Waals surface area contributed by atoms with Crippen LogP contribution in [0.2, 0.25) is 0 Å². The molecular weight excluding hydrogens is 356 g/mol. The first kappa shape index (κ1) is 20.4. The number of aliphatic hydroxyl groups is 1. The Labute approximate surface area is 166 Å². The van der Waals surface area contributed by atoms with Crippen molar-refractivity contribution in [3.05, 3.63) is 30.6 Å². The number of morpholine rings is 1. The third kappa shape index (κ3) is 5.85. The molecule has 3 N–H and O–H groups in total. The zero-order valence-corrected chi connectivity index (χ0v) is 16.6. The number of hydrogen-bond acceptors (Lipinski definition) is 8. The van der Waals surface area contributed by atoms with Gasteiger partial charge in [-0.15, -0.1) is 0 Å². The Kier molecular flexibility index (Phi) is 7.53. The van der Waals surface area contributed by atoms with E-state index >= 15 is 0 Å². The van der Waals surface area contributed by atoms with Crippen LogP contribution in [0.5, 0.6) is 0 Å². The predicted molar refractivity (Wildman–Crippen MR) is 110 cm³/mol. The number of aromatic nitrogens is 3. The number of anilines is 2. The van der Waals surface area contributed by atoms with Crippen LogP contribution in [-0.4, -0.2) is 77.0 Å². The Morgan fingerprint density at radius 3 is 2.75 bits per heavy atom. The SMILES string of the molecule is CC(C)[C@H](CO)Nc1nc(NCCN2CCOCC2)cc(-c2cccnc2)n1. The Morgan fingerprint density at radius 1 is 1.25 bits per heavy atom. The standard InChI is InChI=1S/C20H30N6O2/c1-15(2)18(14-27)24-20-23-17(16-4-3-5-21-13-16)12-19(25-20)22-6-7-26-8-10-28-11-9-26/h3-5,12-13,15,18,27H,6-11,14H2,1-2H3,(H2,22,23,24,25)/t18-/m0/s1. The monoisotopic (exact) mass is 386 g/mol. The molecule has 1 aliphatic heterocycles. The fourth-order valence-electron chi connectivity index (χ4n) is 3.02. The van der Waals surface area contributed by atoms with Gasteiger partial charge in [0.1, 0.15) is 5.82 Å². The molecule has 0 aromatic carbocycles. The van der Waals surface area contributed by atoms with Crippen molar-refractivity contribution in [1.82, 2.24) is 19.9 Å². The summed E-state index contributed by atoms with van der Waals surface area (Å²) in [5.41, 5.74) is 1.72. The van der Waals surface area contributed by atoms with Gasteiger partial charge in [-0.25, -0.2) is 4.98 Å². The minimum Gasteiger partial charge on any atom is -0.394 e. The van der Waals surface area contributed by atoms with Gasteiger partial charge in [-0.3, -0.25) is 9.88 Å². The Balaban J connectivity index is 1.74. The quantitative estimate of drug-likeness (QED) is 0.600. The molecule has 1 fully saturated rings. The van der Waals surface area contributed by atoms with Crippen molar-refractivity contribution in [2.75, 3.05) is 56.6 Å². The first-order valence-electron chi connectivity index (χ1n) is 9.86. The molecule has 28 heavy (non-hydrogen) atoms. The van der Waals surface area contributed by atoms with Crippen LogP contribution >= 0.6 is 0 Å². The first-order valence-corrected chi connectivity index (χ1v) is 9.86. The molecule has 2 aromatic rings. The van der Waals surface area contributed by atoms with Gasteiger partial charge < -0.3 is 20.5 Å². The lowest BCUT2D eigenvalue weighted by atomic mass is 10.1. The summed E-state index contributed by atoms with van der Waals surface area (Å²) in [6.45, 7) is 9.38. The second-order valence-electron chi connectivity index (χ2n) is 7.26. The van der Waals surface area contributed by atoms with Crippen LogP contribution in [0.1, 0.15) is 13.8 Å². The molecule has 0 amide bonds. The lowest BCUT2D eigenvalue weighted by Gasteiger charge is -2.26. The van der Waals surface area contributed by atoms with E-state index in [1.54, 1.807) is 12.4 Å². The van der Waals surface area contributed by atoms with E-state index in [1.807, 2.05) is 18.2 Å². The second-order valence-corrected chi connectivity index (χ2v) is 7.26. The van der Waals surface area contributed by atoms with Gasteiger partial charge in [0.05, 0.1) is 31.6 Å². The highest BCUT2D eigenvalue weighted by Gasteiger charge is 2.15. The van der Waals surface area contributed by atoms with Crippen LogP contribution in [0, 0.1) is 5.92 Å². The topological polar surface area (TPSA) is 95.4 Å². The fraction of sp³-hybridized carbons (Fsp3) is 0.550. The molecule has 1 saturated heterocycles. The van der Waals surface area contributed by atoms with Crippen LogP contribution in [-0.2, 0) is 4.74 Å². The van der Waals surface area contributed by atoms with E-state index in [1.165, 1.54) is 0 Å². The van der Waals surface area contributed by atoms with Crippen molar-refractivity contribution in [2.45, 2.75) is 19.9 Å². The molecule has 0 aliphatic carbocycles. The molecule has 0 bridgehead atoms. The van der Waals surface area contributed by atoms with E-state index in [9.17, 15) is 5.11 Å². The van der Waals surface area contributed by atoms with Gasteiger partial charge in [-0.1, -0.05) is 13.8 Å². The average Bonchev–Trinajstić information content (AvgIpc) is 2.73. The smallest absolute Gasteiger partial charge is 0.225 e. The number of aliphatic hydroxyl groups excluding tert-OH is 1. The van der Waals surface area contributed by atoms with E-state index in [-0.39, 0.29) is 18.6 Å². The summed E-state index contributed by atoms with van der Waals surface area (Å²) in [5, 5.41) is 16.3. The number of pyridine rings is 1. The molecule has 1 atom stereocenters. The lowest BCUT2D eigenvalue weighted by Crippen LogP contribution is -2.39. The molecule has 1 aliphatic rings. The zero-order chi connectivity index (χ0) is 19.8. The normalized spacial score (nSPS) is 16.1. The molecule has 0 spiro atoms. The van der Waals surface area contributed by atoms with E-state index in [4.69, 9.17) is 4.74 Å². The van der Waals surface area contributed by atoms with E-state index in [0.29, 0.717) is 5.95 Å². The highest BCUT2D eigenvalue weighted by molar-refractivity contribution is 5.63. The molecule has 0 unspecified atom stereocenters. The molecule has 3 rings (SSSR count). The molecule has 3 heterocycles. The van der Waals surface area contributed by atoms with Crippen molar-refractivity contribution in [3.8, 4) is 11.3 Å². The van der Waals surface area contributed by atoms with Gasteiger partial charge in [0, 0.05) is 50.2 Å². The van der Waals surface area contributed by atoms with Gasteiger partial charge in [0.25, 0.3) is 0 Å². The van der Waals surface area contributed by atoms with Crippen LogP contribution in [0.25, 0.3) is 11.3 Å². The van der Waals surface area contributed by atoms with E-state index < -0.39 is 0 Å². The van der Waals surface area contributed by atoms with Gasteiger partial charge in [0.2, 0.25) is 5.95 Å². The summed E-state index contributed by atoms with van der Waals surface area (Å²) >= 11 is 0. The fourth-order valence-corrected chi connectivity index (χ4v) is 3.02. The lowest BCUT2D eigenvalue weighted by molar-refractivity contribution is 0.0398. The zero-order valence-electron chi connectivity index (χ0n) is 16.6. The van der Waals surface area contributed by atoms with Crippen molar-refractivity contribution < 1.29 is 9.84 Å². The number of nitrogens with one attached hydrogen (secondary N) is 2. The van der Waals surface area contributed by atoms with Crippen LogP contribution in [0.4, 0.5) is 11.8 Å². The maximum absolute atomic E-state index is 9.64. The van der Waals surface area contributed by atoms with E-state index in [0.717, 1.165) is 56.5 Å². The maximum Gasteiger partial charge on any atom is 0.225 e. The van der Waals surface area contributed by atoms with Crippen molar-refractivity contribution >= 4 is 11.8 Å². The Morgan fingerprint density at radius 2 is 2.07 bits per heavy atom. The molecule has 2 aromatic heterocycles.